The number of hydrogen-bond acceptors (Lipinski definition) is 5. The van der Waals surface area contributed by atoms with E-state index in [-0.39, 0.29) is 12.3 Å². The normalized spacial score (nSPS) is 10.4. The third-order valence-corrected chi connectivity index (χ3v) is 2.87. The molecule has 0 aliphatic heterocycles. The summed E-state index contributed by atoms with van der Waals surface area (Å²) < 4.78 is 0. The Balaban J connectivity index is 1.71. The molecule has 2 aromatic rings. The van der Waals surface area contributed by atoms with E-state index in [1.165, 1.54) is 11.3 Å². The first-order chi connectivity index (χ1) is 8.24. The molecule has 0 spiro atoms. The minimum atomic E-state index is -0.0538. The number of imidazole rings is 1. The first-order valence-corrected chi connectivity index (χ1v) is 6.07. The number of hydrogen-bond donors (Lipinski definition) is 3. The van der Waals surface area contributed by atoms with Crippen molar-refractivity contribution < 1.29 is 4.79 Å². The number of H-pyrrole nitrogens is 1. The van der Waals surface area contributed by atoms with Gasteiger partial charge in [0.25, 0.3) is 0 Å². The molecule has 0 radical (unpaired) electrons. The van der Waals surface area contributed by atoms with E-state index in [9.17, 15) is 4.79 Å². The van der Waals surface area contributed by atoms with Crippen molar-refractivity contribution >= 4 is 22.4 Å². The van der Waals surface area contributed by atoms with Crippen LogP contribution in [0.25, 0.3) is 0 Å². The zero-order chi connectivity index (χ0) is 12.1. The Kier molecular flexibility index (Phi) is 3.71. The number of carbonyl (C=O) groups excluding carboxylic acids is 1. The fourth-order valence-corrected chi connectivity index (χ4v) is 1.95. The summed E-state index contributed by atoms with van der Waals surface area (Å²) in [5.41, 5.74) is 6.19. The summed E-state index contributed by atoms with van der Waals surface area (Å²) in [6.45, 7) is 0.561. The van der Waals surface area contributed by atoms with Crippen molar-refractivity contribution in [1.82, 2.24) is 20.3 Å². The second-order valence-electron chi connectivity index (χ2n) is 3.49. The van der Waals surface area contributed by atoms with Crippen molar-refractivity contribution in [3.8, 4) is 0 Å². The fraction of sp³-hybridized carbons (Fsp3) is 0.300. The monoisotopic (exact) mass is 251 g/mol. The van der Waals surface area contributed by atoms with E-state index in [0.717, 1.165) is 5.82 Å². The number of thiazole rings is 1. The molecule has 0 saturated carbocycles. The molecule has 0 saturated heterocycles. The zero-order valence-electron chi connectivity index (χ0n) is 9.14. The molecule has 4 N–H and O–H groups in total. The van der Waals surface area contributed by atoms with Crippen molar-refractivity contribution in [3.05, 3.63) is 29.3 Å². The van der Waals surface area contributed by atoms with Crippen LogP contribution in [0.15, 0.2) is 17.8 Å². The van der Waals surface area contributed by atoms with E-state index in [1.807, 2.05) is 0 Å². The molecule has 0 unspecified atom stereocenters. The maximum Gasteiger partial charge on any atom is 0.226 e. The number of aromatic amines is 1. The molecule has 0 atom stereocenters. The lowest BCUT2D eigenvalue weighted by molar-refractivity contribution is -0.120. The van der Waals surface area contributed by atoms with Gasteiger partial charge in [0, 0.05) is 30.7 Å². The van der Waals surface area contributed by atoms with Crippen LogP contribution >= 0.6 is 11.3 Å². The molecule has 7 heteroatoms. The second-order valence-corrected chi connectivity index (χ2v) is 4.38. The molecule has 1 amide bonds. The maximum atomic E-state index is 11.5. The predicted molar refractivity (Wildman–Crippen MR) is 65.5 cm³/mol. The summed E-state index contributed by atoms with van der Waals surface area (Å²) in [5, 5.41) is 5.09. The molecule has 0 aliphatic carbocycles. The predicted octanol–water partition coefficient (Wildman–Crippen LogP) is 0.350. The summed E-state index contributed by atoms with van der Waals surface area (Å²) in [6.07, 6.45) is 4.41. The van der Waals surface area contributed by atoms with Gasteiger partial charge in [-0.2, -0.15) is 0 Å². The van der Waals surface area contributed by atoms with Crippen LogP contribution in [0.2, 0.25) is 0 Å². The summed E-state index contributed by atoms with van der Waals surface area (Å²) in [5.74, 6) is 0.810. The third kappa shape index (κ3) is 3.56. The molecule has 90 valence electrons. The second kappa shape index (κ2) is 5.44. The minimum absolute atomic E-state index is 0.0538. The quantitative estimate of drug-likeness (QED) is 0.714. The standard InChI is InChI=1S/C10H13N5OS/c11-10-15-7(6-17-10)5-9(16)14-2-1-8-12-3-4-13-8/h3-4,6H,1-2,5H2,(H2,11,15)(H,12,13)(H,14,16). The van der Waals surface area contributed by atoms with Crippen molar-refractivity contribution in [2.75, 3.05) is 12.3 Å². The molecule has 0 bridgehead atoms. The third-order valence-electron chi connectivity index (χ3n) is 2.15. The smallest absolute Gasteiger partial charge is 0.226 e. The number of carbonyl (C=O) groups is 1. The van der Waals surface area contributed by atoms with Gasteiger partial charge in [0.2, 0.25) is 5.91 Å². The van der Waals surface area contributed by atoms with E-state index >= 15 is 0 Å². The highest BCUT2D eigenvalue weighted by atomic mass is 32.1. The molecule has 2 aromatic heterocycles. The van der Waals surface area contributed by atoms with E-state index in [4.69, 9.17) is 5.73 Å². The van der Waals surface area contributed by atoms with Gasteiger partial charge in [-0.3, -0.25) is 4.79 Å². The molecule has 0 aromatic carbocycles. The Labute approximate surface area is 102 Å². The van der Waals surface area contributed by atoms with E-state index < -0.39 is 0 Å². The Hall–Kier alpha value is -1.89. The van der Waals surface area contributed by atoms with Gasteiger partial charge in [0.15, 0.2) is 5.13 Å². The Morgan fingerprint density at radius 1 is 1.59 bits per heavy atom. The van der Waals surface area contributed by atoms with Gasteiger partial charge in [0.05, 0.1) is 12.1 Å². The SMILES string of the molecule is Nc1nc(CC(=O)NCCc2ncc[nH]2)cs1. The number of nitrogens with one attached hydrogen (secondary N) is 2. The van der Waals surface area contributed by atoms with E-state index in [2.05, 4.69) is 20.3 Å². The van der Waals surface area contributed by atoms with Gasteiger partial charge in [-0.1, -0.05) is 0 Å². The van der Waals surface area contributed by atoms with Crippen LogP contribution in [0, 0.1) is 0 Å². The van der Waals surface area contributed by atoms with E-state index in [0.29, 0.717) is 23.8 Å². The number of amides is 1. The number of rotatable bonds is 5. The van der Waals surface area contributed by atoms with Gasteiger partial charge >= 0.3 is 0 Å². The molecular weight excluding hydrogens is 238 g/mol. The van der Waals surface area contributed by atoms with E-state index in [1.54, 1.807) is 17.8 Å². The summed E-state index contributed by atoms with van der Waals surface area (Å²) in [6, 6.07) is 0. The van der Waals surface area contributed by atoms with Crippen molar-refractivity contribution in [3.63, 3.8) is 0 Å². The summed E-state index contributed by atoms with van der Waals surface area (Å²) in [7, 11) is 0. The van der Waals surface area contributed by atoms with Crippen LogP contribution in [0.3, 0.4) is 0 Å². The highest BCUT2D eigenvalue weighted by Gasteiger charge is 2.06. The molecule has 17 heavy (non-hydrogen) atoms. The number of nitrogens with zero attached hydrogens (tertiary/aromatic N) is 2. The molecule has 2 heterocycles. The van der Waals surface area contributed by atoms with Gasteiger partial charge in [-0.15, -0.1) is 11.3 Å². The zero-order valence-corrected chi connectivity index (χ0v) is 9.96. The molecular formula is C10H13N5OS. The fourth-order valence-electron chi connectivity index (χ4n) is 1.39. The van der Waals surface area contributed by atoms with Gasteiger partial charge < -0.3 is 16.0 Å². The van der Waals surface area contributed by atoms with Gasteiger partial charge in [-0.25, -0.2) is 9.97 Å². The van der Waals surface area contributed by atoms with Crippen molar-refractivity contribution in [2.45, 2.75) is 12.8 Å². The van der Waals surface area contributed by atoms with Crippen LogP contribution < -0.4 is 11.1 Å². The highest BCUT2D eigenvalue weighted by Crippen LogP contribution is 2.11. The van der Waals surface area contributed by atoms with Crippen LogP contribution in [0.1, 0.15) is 11.5 Å². The maximum absolute atomic E-state index is 11.5. The number of nitrogens with two attached hydrogens (primary N) is 1. The van der Waals surface area contributed by atoms with Crippen LogP contribution in [0.5, 0.6) is 0 Å². The molecule has 0 fully saturated rings. The highest BCUT2D eigenvalue weighted by molar-refractivity contribution is 7.13. The summed E-state index contributed by atoms with van der Waals surface area (Å²) in [4.78, 5) is 22.6. The Bertz CT molecular complexity index is 479. The average molecular weight is 251 g/mol. The minimum Gasteiger partial charge on any atom is -0.375 e. The van der Waals surface area contributed by atoms with Crippen LogP contribution in [0.4, 0.5) is 5.13 Å². The van der Waals surface area contributed by atoms with Crippen molar-refractivity contribution in [2.24, 2.45) is 0 Å². The Morgan fingerprint density at radius 3 is 3.12 bits per heavy atom. The topological polar surface area (TPSA) is 96.7 Å². The largest absolute Gasteiger partial charge is 0.375 e. The number of anilines is 1. The lowest BCUT2D eigenvalue weighted by Crippen LogP contribution is -2.27. The first kappa shape index (κ1) is 11.6. The molecule has 6 nitrogen and oxygen atoms in total. The summed E-state index contributed by atoms with van der Waals surface area (Å²) >= 11 is 1.34. The molecule has 2 rings (SSSR count). The number of aromatic nitrogens is 3. The van der Waals surface area contributed by atoms with Crippen LogP contribution in [-0.2, 0) is 17.6 Å². The first-order valence-electron chi connectivity index (χ1n) is 5.19. The lowest BCUT2D eigenvalue weighted by Gasteiger charge is -2.02. The van der Waals surface area contributed by atoms with Crippen LogP contribution in [-0.4, -0.2) is 27.4 Å². The van der Waals surface area contributed by atoms with Gasteiger partial charge in [0.1, 0.15) is 5.82 Å². The molecule has 0 aliphatic rings. The number of nitrogen functional groups attached to an aromatic ring is 1. The average Bonchev–Trinajstić information content (AvgIpc) is 2.90. The lowest BCUT2D eigenvalue weighted by atomic mass is 10.3. The van der Waals surface area contributed by atoms with Gasteiger partial charge in [-0.05, 0) is 0 Å². The van der Waals surface area contributed by atoms with Crippen molar-refractivity contribution in [1.29, 1.82) is 0 Å². The Morgan fingerprint density at radius 2 is 2.47 bits per heavy atom.